The summed E-state index contributed by atoms with van der Waals surface area (Å²) in [6, 6.07) is 2.76. The molecule has 19 heavy (non-hydrogen) atoms. The molecule has 0 bridgehead atoms. The summed E-state index contributed by atoms with van der Waals surface area (Å²) in [6.07, 6.45) is 1.71. The van der Waals surface area contributed by atoms with E-state index in [9.17, 15) is 21.2 Å². The average molecular weight is 328 g/mol. The number of hydrogen-bond donors (Lipinski definition) is 1. The van der Waals surface area contributed by atoms with Crippen molar-refractivity contribution in [3.63, 3.8) is 0 Å². The van der Waals surface area contributed by atoms with Crippen molar-refractivity contribution >= 4 is 35.4 Å². The Balaban J connectivity index is 2.22. The van der Waals surface area contributed by atoms with Gasteiger partial charge < -0.3 is 0 Å². The van der Waals surface area contributed by atoms with Crippen molar-refractivity contribution in [2.45, 2.75) is 17.7 Å². The van der Waals surface area contributed by atoms with E-state index in [-0.39, 0.29) is 17.4 Å². The first-order valence-electron chi connectivity index (χ1n) is 5.42. The molecule has 1 aliphatic rings. The van der Waals surface area contributed by atoms with Crippen LogP contribution in [0.4, 0.5) is 10.1 Å². The molecule has 5 nitrogen and oxygen atoms in total. The van der Waals surface area contributed by atoms with E-state index in [2.05, 4.69) is 4.72 Å². The molecule has 1 N–H and O–H groups in total. The smallest absolute Gasteiger partial charge is 0.261 e. The van der Waals surface area contributed by atoms with Gasteiger partial charge in [-0.15, -0.1) is 0 Å². The van der Waals surface area contributed by atoms with Crippen molar-refractivity contribution in [2.75, 3.05) is 10.5 Å². The minimum absolute atomic E-state index is 0.0536. The largest absolute Gasteiger partial charge is 0.281 e. The predicted molar refractivity (Wildman–Crippen MR) is 69.6 cm³/mol. The first kappa shape index (κ1) is 14.5. The van der Waals surface area contributed by atoms with E-state index in [1.165, 1.54) is 0 Å². The highest BCUT2D eigenvalue weighted by Gasteiger charge is 2.28. The van der Waals surface area contributed by atoms with Gasteiger partial charge in [0.05, 0.1) is 16.3 Å². The molecule has 1 aliphatic carbocycles. The predicted octanol–water partition coefficient (Wildman–Crippen LogP) is 1.90. The van der Waals surface area contributed by atoms with Crippen molar-refractivity contribution in [1.82, 2.24) is 0 Å². The molecule has 1 aromatic carbocycles. The van der Waals surface area contributed by atoms with Crippen LogP contribution in [0.3, 0.4) is 0 Å². The van der Waals surface area contributed by atoms with Gasteiger partial charge in [0.1, 0.15) is 5.82 Å². The van der Waals surface area contributed by atoms with Gasteiger partial charge in [-0.1, -0.05) is 0 Å². The summed E-state index contributed by atoms with van der Waals surface area (Å²) in [5.74, 6) is -0.911. The van der Waals surface area contributed by atoms with Crippen LogP contribution in [0.5, 0.6) is 0 Å². The molecule has 0 heterocycles. The van der Waals surface area contributed by atoms with Crippen LogP contribution in [0.1, 0.15) is 12.8 Å². The average Bonchev–Trinajstić information content (AvgIpc) is 3.02. The van der Waals surface area contributed by atoms with Gasteiger partial charge in [-0.05, 0) is 37.0 Å². The van der Waals surface area contributed by atoms with Gasteiger partial charge in [-0.3, -0.25) is 4.72 Å². The molecule has 0 spiro atoms. The molecule has 0 atom stereocenters. The molecule has 0 amide bonds. The van der Waals surface area contributed by atoms with Gasteiger partial charge in [0, 0.05) is 10.7 Å². The van der Waals surface area contributed by atoms with E-state index in [1.807, 2.05) is 0 Å². The monoisotopic (exact) mass is 327 g/mol. The zero-order valence-electron chi connectivity index (χ0n) is 9.64. The van der Waals surface area contributed by atoms with E-state index in [0.29, 0.717) is 6.07 Å². The SMILES string of the molecule is O=S(=O)(CC1CC1)Nc1ccc(S(=O)(=O)Cl)cc1F. The Hall–Kier alpha value is -0.860. The molecule has 0 saturated heterocycles. The Bertz CT molecular complexity index is 698. The van der Waals surface area contributed by atoms with E-state index in [1.54, 1.807) is 0 Å². The number of sulfonamides is 1. The topological polar surface area (TPSA) is 80.3 Å². The van der Waals surface area contributed by atoms with Crippen molar-refractivity contribution in [1.29, 1.82) is 0 Å². The first-order chi connectivity index (χ1) is 8.67. The fourth-order valence-electron chi connectivity index (χ4n) is 1.53. The lowest BCUT2D eigenvalue weighted by atomic mass is 10.3. The normalized spacial score (nSPS) is 16.3. The Morgan fingerprint density at radius 1 is 1.26 bits per heavy atom. The maximum absolute atomic E-state index is 13.6. The fraction of sp³-hybridized carbons (Fsp3) is 0.400. The van der Waals surface area contributed by atoms with Crippen LogP contribution in [-0.2, 0) is 19.1 Å². The number of halogens is 2. The summed E-state index contributed by atoms with van der Waals surface area (Å²) >= 11 is 0. The number of nitrogens with one attached hydrogen (secondary N) is 1. The standard InChI is InChI=1S/C10H11ClFNO4S2/c11-19(16,17)8-3-4-10(9(12)5-8)13-18(14,15)6-7-1-2-7/h3-5,7,13H,1-2,6H2. The molecule has 1 fully saturated rings. The molecule has 1 saturated carbocycles. The van der Waals surface area contributed by atoms with Crippen LogP contribution >= 0.6 is 10.7 Å². The number of benzene rings is 1. The number of rotatable bonds is 5. The molecule has 9 heteroatoms. The quantitative estimate of drug-likeness (QED) is 0.838. The fourth-order valence-corrected chi connectivity index (χ4v) is 3.83. The second-order valence-electron chi connectivity index (χ2n) is 4.41. The van der Waals surface area contributed by atoms with Crippen molar-refractivity contribution in [3.8, 4) is 0 Å². The van der Waals surface area contributed by atoms with Gasteiger partial charge in [0.2, 0.25) is 10.0 Å². The molecule has 0 unspecified atom stereocenters. The third kappa shape index (κ3) is 4.05. The molecule has 2 rings (SSSR count). The molecule has 0 aromatic heterocycles. The van der Waals surface area contributed by atoms with Crippen LogP contribution in [0, 0.1) is 11.7 Å². The lowest BCUT2D eigenvalue weighted by Crippen LogP contribution is -2.18. The minimum atomic E-state index is -4.04. The Morgan fingerprint density at radius 3 is 2.37 bits per heavy atom. The summed E-state index contributed by atoms with van der Waals surface area (Å²) in [5, 5.41) is 0. The van der Waals surface area contributed by atoms with Gasteiger partial charge in [0.15, 0.2) is 0 Å². The number of anilines is 1. The van der Waals surface area contributed by atoms with E-state index >= 15 is 0 Å². The molecule has 0 radical (unpaired) electrons. The van der Waals surface area contributed by atoms with Gasteiger partial charge in [-0.25, -0.2) is 21.2 Å². The minimum Gasteiger partial charge on any atom is -0.281 e. The van der Waals surface area contributed by atoms with Crippen LogP contribution in [0.2, 0.25) is 0 Å². The first-order valence-corrected chi connectivity index (χ1v) is 9.38. The van der Waals surface area contributed by atoms with Gasteiger partial charge in [0.25, 0.3) is 9.05 Å². The Labute approximate surface area is 115 Å². The van der Waals surface area contributed by atoms with Crippen LogP contribution < -0.4 is 4.72 Å². The molecule has 0 aliphatic heterocycles. The Kier molecular flexibility index (Phi) is 3.76. The maximum Gasteiger partial charge on any atom is 0.261 e. The molecular formula is C10H11ClFNO4S2. The zero-order chi connectivity index (χ0) is 14.3. The lowest BCUT2D eigenvalue weighted by Gasteiger charge is -2.08. The van der Waals surface area contributed by atoms with E-state index in [4.69, 9.17) is 10.7 Å². The third-order valence-corrected chi connectivity index (χ3v) is 5.43. The summed E-state index contributed by atoms with van der Waals surface area (Å²) in [7, 11) is -2.59. The summed E-state index contributed by atoms with van der Waals surface area (Å²) in [4.78, 5) is -0.420. The van der Waals surface area contributed by atoms with E-state index < -0.39 is 29.8 Å². The van der Waals surface area contributed by atoms with Crippen molar-refractivity contribution in [3.05, 3.63) is 24.0 Å². The summed E-state index contributed by atoms with van der Waals surface area (Å²) < 4.78 is 61.0. The highest BCUT2D eigenvalue weighted by Crippen LogP contribution is 2.31. The van der Waals surface area contributed by atoms with Gasteiger partial charge >= 0.3 is 0 Å². The third-order valence-electron chi connectivity index (χ3n) is 2.64. The Morgan fingerprint density at radius 2 is 1.89 bits per heavy atom. The second kappa shape index (κ2) is 4.92. The molecular weight excluding hydrogens is 317 g/mol. The van der Waals surface area contributed by atoms with Crippen LogP contribution in [-0.4, -0.2) is 22.6 Å². The molecule has 106 valence electrons. The maximum atomic E-state index is 13.6. The molecule has 1 aromatic rings. The summed E-state index contributed by atoms with van der Waals surface area (Å²) in [5.41, 5.74) is -0.287. The summed E-state index contributed by atoms with van der Waals surface area (Å²) in [6.45, 7) is 0. The van der Waals surface area contributed by atoms with Crippen molar-refractivity contribution in [2.24, 2.45) is 5.92 Å². The highest BCUT2D eigenvalue weighted by molar-refractivity contribution is 8.13. The van der Waals surface area contributed by atoms with Crippen molar-refractivity contribution < 1.29 is 21.2 Å². The van der Waals surface area contributed by atoms with E-state index in [0.717, 1.165) is 25.0 Å². The zero-order valence-corrected chi connectivity index (χ0v) is 12.0. The highest BCUT2D eigenvalue weighted by atomic mass is 35.7. The lowest BCUT2D eigenvalue weighted by molar-refractivity contribution is 0.594. The van der Waals surface area contributed by atoms with Gasteiger partial charge in [-0.2, -0.15) is 0 Å². The van der Waals surface area contributed by atoms with Crippen LogP contribution in [0.25, 0.3) is 0 Å². The second-order valence-corrected chi connectivity index (χ2v) is 8.74. The van der Waals surface area contributed by atoms with Crippen LogP contribution in [0.15, 0.2) is 23.1 Å². The number of hydrogen-bond acceptors (Lipinski definition) is 4.